The Bertz CT molecular complexity index is 379. The Morgan fingerprint density at radius 3 is 2.77 bits per heavy atom. The van der Waals surface area contributed by atoms with Crippen LogP contribution in [0.4, 0.5) is 4.39 Å². The number of benzene rings is 1. The SMILES string of the molecule is O=C1CCC=C1c1cccc(F)c1. The highest BCUT2D eigenvalue weighted by Gasteiger charge is 2.16. The number of allylic oxidation sites excluding steroid dienone is 2. The molecular formula is C11H9FO. The summed E-state index contributed by atoms with van der Waals surface area (Å²) in [5.41, 5.74) is 1.36. The first-order chi connectivity index (χ1) is 6.27. The second-order valence-electron chi connectivity index (χ2n) is 3.09. The molecule has 0 spiro atoms. The van der Waals surface area contributed by atoms with Gasteiger partial charge in [-0.05, 0) is 24.1 Å². The number of ketones is 1. The van der Waals surface area contributed by atoms with E-state index in [0.29, 0.717) is 17.6 Å². The van der Waals surface area contributed by atoms with E-state index in [2.05, 4.69) is 0 Å². The highest BCUT2D eigenvalue weighted by atomic mass is 19.1. The molecule has 0 radical (unpaired) electrons. The summed E-state index contributed by atoms with van der Waals surface area (Å²) in [6, 6.07) is 6.16. The van der Waals surface area contributed by atoms with Gasteiger partial charge in [-0.3, -0.25) is 4.79 Å². The molecule has 66 valence electrons. The van der Waals surface area contributed by atoms with E-state index < -0.39 is 0 Å². The maximum Gasteiger partial charge on any atom is 0.163 e. The van der Waals surface area contributed by atoms with Crippen molar-refractivity contribution < 1.29 is 9.18 Å². The van der Waals surface area contributed by atoms with Crippen LogP contribution in [-0.2, 0) is 4.79 Å². The van der Waals surface area contributed by atoms with E-state index in [9.17, 15) is 9.18 Å². The molecule has 1 nitrogen and oxygen atoms in total. The molecule has 13 heavy (non-hydrogen) atoms. The Kier molecular flexibility index (Phi) is 1.97. The van der Waals surface area contributed by atoms with Gasteiger partial charge in [-0.25, -0.2) is 4.39 Å². The minimum atomic E-state index is -0.293. The molecule has 0 aliphatic heterocycles. The van der Waals surface area contributed by atoms with Crippen LogP contribution in [0.15, 0.2) is 30.3 Å². The lowest BCUT2D eigenvalue weighted by Gasteiger charge is -1.99. The first-order valence-electron chi connectivity index (χ1n) is 4.26. The van der Waals surface area contributed by atoms with Crippen molar-refractivity contribution in [2.75, 3.05) is 0 Å². The molecule has 0 fully saturated rings. The molecule has 2 heteroatoms. The van der Waals surface area contributed by atoms with Gasteiger partial charge >= 0.3 is 0 Å². The molecule has 0 bridgehead atoms. The maximum absolute atomic E-state index is 12.8. The zero-order valence-corrected chi connectivity index (χ0v) is 7.09. The lowest BCUT2D eigenvalue weighted by molar-refractivity contribution is -0.113. The predicted octanol–water partition coefficient (Wildman–Crippen LogP) is 2.57. The van der Waals surface area contributed by atoms with Gasteiger partial charge in [-0.1, -0.05) is 18.2 Å². The number of carbonyl (C=O) groups is 1. The zero-order valence-electron chi connectivity index (χ0n) is 7.09. The third kappa shape index (κ3) is 1.52. The molecule has 0 aromatic heterocycles. The average molecular weight is 176 g/mol. The van der Waals surface area contributed by atoms with Crippen LogP contribution in [0.25, 0.3) is 5.57 Å². The average Bonchev–Trinajstić information content (AvgIpc) is 2.51. The predicted molar refractivity (Wildman–Crippen MR) is 48.6 cm³/mol. The molecule has 2 rings (SSSR count). The number of rotatable bonds is 1. The smallest absolute Gasteiger partial charge is 0.163 e. The first kappa shape index (κ1) is 8.17. The molecule has 1 aromatic rings. The molecule has 1 aliphatic rings. The van der Waals surface area contributed by atoms with Crippen LogP contribution < -0.4 is 0 Å². The van der Waals surface area contributed by atoms with Crippen LogP contribution in [-0.4, -0.2) is 5.78 Å². The third-order valence-corrected chi connectivity index (χ3v) is 2.16. The fourth-order valence-corrected chi connectivity index (χ4v) is 1.53. The first-order valence-corrected chi connectivity index (χ1v) is 4.26. The summed E-state index contributed by atoms with van der Waals surface area (Å²) < 4.78 is 12.8. The lowest BCUT2D eigenvalue weighted by atomic mass is 10.0. The standard InChI is InChI=1S/C11H9FO/c12-9-4-1-3-8(7-9)10-5-2-6-11(10)13/h1,3-5,7H,2,6H2. The van der Waals surface area contributed by atoms with Crippen molar-refractivity contribution in [3.05, 3.63) is 41.7 Å². The summed E-state index contributed by atoms with van der Waals surface area (Å²) >= 11 is 0. The van der Waals surface area contributed by atoms with E-state index in [1.807, 2.05) is 6.08 Å². The van der Waals surface area contributed by atoms with Gasteiger partial charge in [-0.2, -0.15) is 0 Å². The monoisotopic (exact) mass is 176 g/mol. The van der Waals surface area contributed by atoms with E-state index in [0.717, 1.165) is 6.42 Å². The van der Waals surface area contributed by atoms with Crippen LogP contribution >= 0.6 is 0 Å². The normalized spacial score (nSPS) is 16.1. The van der Waals surface area contributed by atoms with E-state index in [4.69, 9.17) is 0 Å². The van der Waals surface area contributed by atoms with Crippen molar-refractivity contribution in [2.24, 2.45) is 0 Å². The molecule has 0 heterocycles. The molecule has 1 aromatic carbocycles. The molecule has 1 aliphatic carbocycles. The molecule has 0 unspecified atom stereocenters. The quantitative estimate of drug-likeness (QED) is 0.642. The van der Waals surface area contributed by atoms with Gasteiger partial charge < -0.3 is 0 Å². The van der Waals surface area contributed by atoms with Crippen LogP contribution in [0.2, 0.25) is 0 Å². The van der Waals surface area contributed by atoms with E-state index in [1.165, 1.54) is 12.1 Å². The lowest BCUT2D eigenvalue weighted by Crippen LogP contribution is -1.94. The van der Waals surface area contributed by atoms with Gasteiger partial charge in [-0.15, -0.1) is 0 Å². The summed E-state index contributed by atoms with van der Waals surface area (Å²) in [7, 11) is 0. The topological polar surface area (TPSA) is 17.1 Å². The van der Waals surface area contributed by atoms with E-state index >= 15 is 0 Å². The summed E-state index contributed by atoms with van der Waals surface area (Å²) in [5, 5.41) is 0. The molecule has 0 N–H and O–H groups in total. The summed E-state index contributed by atoms with van der Waals surface area (Å²) in [6.07, 6.45) is 3.22. The summed E-state index contributed by atoms with van der Waals surface area (Å²) in [4.78, 5) is 11.3. The number of hydrogen-bond acceptors (Lipinski definition) is 1. The highest BCUT2D eigenvalue weighted by Crippen LogP contribution is 2.24. The minimum absolute atomic E-state index is 0.116. The Morgan fingerprint density at radius 1 is 1.31 bits per heavy atom. The van der Waals surface area contributed by atoms with Crippen molar-refractivity contribution in [2.45, 2.75) is 12.8 Å². The van der Waals surface area contributed by atoms with Gasteiger partial charge in [0.25, 0.3) is 0 Å². The Hall–Kier alpha value is -1.44. The number of halogens is 1. The Balaban J connectivity index is 2.41. The van der Waals surface area contributed by atoms with Crippen molar-refractivity contribution in [1.29, 1.82) is 0 Å². The van der Waals surface area contributed by atoms with Gasteiger partial charge in [0.15, 0.2) is 5.78 Å². The second-order valence-corrected chi connectivity index (χ2v) is 3.09. The number of hydrogen-bond donors (Lipinski definition) is 0. The Labute approximate surface area is 75.9 Å². The Morgan fingerprint density at radius 2 is 2.15 bits per heavy atom. The van der Waals surface area contributed by atoms with Crippen molar-refractivity contribution in [3.8, 4) is 0 Å². The maximum atomic E-state index is 12.8. The van der Waals surface area contributed by atoms with Crippen LogP contribution in [0.1, 0.15) is 18.4 Å². The zero-order chi connectivity index (χ0) is 9.26. The summed E-state index contributed by atoms with van der Waals surface area (Å²) in [5.74, 6) is -0.177. The van der Waals surface area contributed by atoms with Crippen molar-refractivity contribution >= 4 is 11.4 Å². The summed E-state index contributed by atoms with van der Waals surface area (Å²) in [6.45, 7) is 0. The fourth-order valence-electron chi connectivity index (χ4n) is 1.53. The van der Waals surface area contributed by atoms with Crippen molar-refractivity contribution in [3.63, 3.8) is 0 Å². The van der Waals surface area contributed by atoms with Gasteiger partial charge in [0, 0.05) is 12.0 Å². The van der Waals surface area contributed by atoms with Crippen LogP contribution in [0.3, 0.4) is 0 Å². The van der Waals surface area contributed by atoms with Crippen LogP contribution in [0.5, 0.6) is 0 Å². The molecule has 0 atom stereocenters. The number of carbonyl (C=O) groups excluding carboxylic acids is 1. The largest absolute Gasteiger partial charge is 0.294 e. The van der Waals surface area contributed by atoms with E-state index in [1.54, 1.807) is 12.1 Å². The molecule has 0 saturated heterocycles. The van der Waals surface area contributed by atoms with Crippen molar-refractivity contribution in [1.82, 2.24) is 0 Å². The van der Waals surface area contributed by atoms with Gasteiger partial charge in [0.2, 0.25) is 0 Å². The second kappa shape index (κ2) is 3.13. The van der Waals surface area contributed by atoms with Gasteiger partial charge in [0.05, 0.1) is 0 Å². The molecule has 0 amide bonds. The third-order valence-electron chi connectivity index (χ3n) is 2.16. The number of Topliss-reactive ketones (excluding diaryl/α,β-unsaturated/α-hetero) is 1. The molecule has 0 saturated carbocycles. The van der Waals surface area contributed by atoms with E-state index in [-0.39, 0.29) is 11.6 Å². The highest BCUT2D eigenvalue weighted by molar-refractivity contribution is 6.22. The van der Waals surface area contributed by atoms with Crippen LogP contribution in [0, 0.1) is 5.82 Å². The molecular weight excluding hydrogens is 167 g/mol. The minimum Gasteiger partial charge on any atom is -0.294 e. The van der Waals surface area contributed by atoms with Gasteiger partial charge in [0.1, 0.15) is 5.82 Å². The fraction of sp³-hybridized carbons (Fsp3) is 0.182.